The highest BCUT2D eigenvalue weighted by atomic mass is 32.2. The summed E-state index contributed by atoms with van der Waals surface area (Å²) in [6, 6.07) is 0. The third-order valence-electron chi connectivity index (χ3n) is 4.11. The summed E-state index contributed by atoms with van der Waals surface area (Å²) in [5, 5.41) is 4.17. The summed E-state index contributed by atoms with van der Waals surface area (Å²) in [7, 11) is 0.402. The molecule has 20 heavy (non-hydrogen) atoms. The Morgan fingerprint density at radius 1 is 1.25 bits per heavy atom. The summed E-state index contributed by atoms with van der Waals surface area (Å²) in [6.07, 6.45) is 2.09. The van der Waals surface area contributed by atoms with Gasteiger partial charge in [-0.15, -0.1) is 0 Å². The molecule has 0 unspecified atom stereocenters. The lowest BCUT2D eigenvalue weighted by atomic mass is 9.98. The van der Waals surface area contributed by atoms with Crippen LogP contribution < -0.4 is 4.72 Å². The molecule has 1 aromatic rings. The summed E-state index contributed by atoms with van der Waals surface area (Å²) in [5.74, 6) is 0.429. The van der Waals surface area contributed by atoms with Crippen molar-refractivity contribution in [2.24, 2.45) is 13.0 Å². The largest absolute Gasteiger partial charge is 0.306 e. The van der Waals surface area contributed by atoms with E-state index in [0.29, 0.717) is 28.7 Å². The van der Waals surface area contributed by atoms with E-state index in [1.165, 1.54) is 0 Å². The molecule has 2 rings (SSSR count). The Hall–Kier alpha value is -0.920. The first-order valence-electron chi connectivity index (χ1n) is 6.99. The zero-order valence-electron chi connectivity index (χ0n) is 12.7. The van der Waals surface area contributed by atoms with Gasteiger partial charge in [0.05, 0.1) is 11.4 Å². The van der Waals surface area contributed by atoms with E-state index < -0.39 is 10.0 Å². The second-order valence-corrected chi connectivity index (χ2v) is 7.43. The molecule has 0 amide bonds. The van der Waals surface area contributed by atoms with Crippen molar-refractivity contribution in [3.63, 3.8) is 0 Å². The van der Waals surface area contributed by atoms with E-state index in [1.54, 1.807) is 25.6 Å². The Bertz CT molecular complexity index is 571. The topological polar surface area (TPSA) is 67.2 Å². The Kier molecular flexibility index (Phi) is 4.51. The molecule has 114 valence electrons. The summed E-state index contributed by atoms with van der Waals surface area (Å²) >= 11 is 0. The number of rotatable bonds is 4. The molecule has 0 saturated carbocycles. The van der Waals surface area contributed by atoms with E-state index in [9.17, 15) is 8.42 Å². The monoisotopic (exact) mass is 300 g/mol. The van der Waals surface area contributed by atoms with Gasteiger partial charge < -0.3 is 4.90 Å². The smallest absolute Gasteiger partial charge is 0.244 e. The molecule has 7 heteroatoms. The summed E-state index contributed by atoms with van der Waals surface area (Å²) < 4.78 is 29.2. The molecule has 0 bridgehead atoms. The Labute approximate surface area is 121 Å². The molecule has 1 aliphatic heterocycles. The molecule has 2 heterocycles. The third kappa shape index (κ3) is 3.21. The van der Waals surface area contributed by atoms with Gasteiger partial charge in [0.25, 0.3) is 0 Å². The SMILES string of the molecule is Cc1nn(C)c(C)c1S(=O)(=O)NCC1CCN(C)CC1. The van der Waals surface area contributed by atoms with E-state index in [-0.39, 0.29) is 0 Å². The second kappa shape index (κ2) is 5.83. The van der Waals surface area contributed by atoms with Gasteiger partial charge in [-0.25, -0.2) is 13.1 Å². The van der Waals surface area contributed by atoms with E-state index in [2.05, 4.69) is 21.8 Å². The number of piperidine rings is 1. The number of hydrogen-bond donors (Lipinski definition) is 1. The van der Waals surface area contributed by atoms with Gasteiger partial charge in [-0.05, 0) is 52.7 Å². The molecule has 1 aromatic heterocycles. The highest BCUT2D eigenvalue weighted by molar-refractivity contribution is 7.89. The van der Waals surface area contributed by atoms with Crippen LogP contribution in [0.5, 0.6) is 0 Å². The zero-order chi connectivity index (χ0) is 14.9. The lowest BCUT2D eigenvalue weighted by molar-refractivity contribution is 0.220. The van der Waals surface area contributed by atoms with Gasteiger partial charge in [-0.2, -0.15) is 5.10 Å². The first-order chi connectivity index (χ1) is 9.31. The Morgan fingerprint density at radius 2 is 1.85 bits per heavy atom. The molecule has 0 atom stereocenters. The van der Waals surface area contributed by atoms with Crippen LogP contribution in [0, 0.1) is 19.8 Å². The van der Waals surface area contributed by atoms with Gasteiger partial charge in [0.15, 0.2) is 0 Å². The van der Waals surface area contributed by atoms with Crippen LogP contribution in [0.1, 0.15) is 24.2 Å². The lowest BCUT2D eigenvalue weighted by Gasteiger charge is -2.28. The predicted octanol–water partition coefficient (Wildman–Crippen LogP) is 0.657. The predicted molar refractivity (Wildman–Crippen MR) is 78.1 cm³/mol. The lowest BCUT2D eigenvalue weighted by Crippen LogP contribution is -2.37. The molecule has 6 nitrogen and oxygen atoms in total. The second-order valence-electron chi connectivity index (χ2n) is 5.72. The van der Waals surface area contributed by atoms with Gasteiger partial charge in [-0.3, -0.25) is 4.68 Å². The van der Waals surface area contributed by atoms with Gasteiger partial charge in [0, 0.05) is 13.6 Å². The highest BCUT2D eigenvalue weighted by Crippen LogP contribution is 2.20. The average molecular weight is 300 g/mol. The minimum Gasteiger partial charge on any atom is -0.306 e. The minimum atomic E-state index is -3.46. The number of nitrogens with one attached hydrogen (secondary N) is 1. The van der Waals surface area contributed by atoms with Crippen molar-refractivity contribution in [1.82, 2.24) is 19.4 Å². The van der Waals surface area contributed by atoms with Crippen molar-refractivity contribution < 1.29 is 8.42 Å². The van der Waals surface area contributed by atoms with Crippen molar-refractivity contribution >= 4 is 10.0 Å². The van der Waals surface area contributed by atoms with Crippen molar-refractivity contribution in [3.8, 4) is 0 Å². The molecular weight excluding hydrogens is 276 g/mol. The van der Waals surface area contributed by atoms with Gasteiger partial charge in [0.1, 0.15) is 4.90 Å². The van der Waals surface area contributed by atoms with E-state index in [1.807, 2.05) is 0 Å². The Balaban J connectivity index is 2.04. The van der Waals surface area contributed by atoms with Crippen LogP contribution in [0.25, 0.3) is 0 Å². The number of aryl methyl sites for hydroxylation is 2. The standard InChI is InChI=1S/C13H24N4O2S/c1-10-13(11(2)17(4)15-10)20(18,19)14-9-12-5-7-16(3)8-6-12/h12,14H,5-9H2,1-4H3. The summed E-state index contributed by atoms with van der Waals surface area (Å²) in [5.41, 5.74) is 1.24. The maximum atomic E-state index is 12.4. The van der Waals surface area contributed by atoms with Gasteiger partial charge >= 0.3 is 0 Å². The fraction of sp³-hybridized carbons (Fsp3) is 0.769. The zero-order valence-corrected chi connectivity index (χ0v) is 13.5. The maximum absolute atomic E-state index is 12.4. The number of likely N-dealkylation sites (tertiary alicyclic amines) is 1. The molecule has 1 saturated heterocycles. The van der Waals surface area contributed by atoms with Crippen molar-refractivity contribution in [2.45, 2.75) is 31.6 Å². The van der Waals surface area contributed by atoms with Crippen LogP contribution in [0.2, 0.25) is 0 Å². The molecule has 1 aliphatic rings. The molecule has 0 radical (unpaired) electrons. The highest BCUT2D eigenvalue weighted by Gasteiger charge is 2.25. The van der Waals surface area contributed by atoms with Crippen LogP contribution in [0.15, 0.2) is 4.90 Å². The Morgan fingerprint density at radius 3 is 2.35 bits per heavy atom. The first kappa shape index (κ1) is 15.5. The van der Waals surface area contributed by atoms with Crippen LogP contribution in [0.3, 0.4) is 0 Å². The molecular formula is C13H24N4O2S. The van der Waals surface area contributed by atoms with Crippen molar-refractivity contribution in [1.29, 1.82) is 0 Å². The minimum absolute atomic E-state index is 0.327. The maximum Gasteiger partial charge on any atom is 0.244 e. The first-order valence-corrected chi connectivity index (χ1v) is 8.48. The van der Waals surface area contributed by atoms with E-state index in [0.717, 1.165) is 25.9 Å². The van der Waals surface area contributed by atoms with E-state index >= 15 is 0 Å². The summed E-state index contributed by atoms with van der Waals surface area (Å²) in [6.45, 7) is 6.11. The number of nitrogens with zero attached hydrogens (tertiary/aromatic N) is 3. The van der Waals surface area contributed by atoms with Gasteiger partial charge in [0.2, 0.25) is 10.0 Å². The molecule has 0 aromatic carbocycles. The molecule has 0 spiro atoms. The molecule has 0 aliphatic carbocycles. The molecule has 1 N–H and O–H groups in total. The number of hydrogen-bond acceptors (Lipinski definition) is 4. The quantitative estimate of drug-likeness (QED) is 0.887. The number of aromatic nitrogens is 2. The van der Waals surface area contributed by atoms with Crippen molar-refractivity contribution in [2.75, 3.05) is 26.7 Å². The fourth-order valence-electron chi connectivity index (χ4n) is 2.71. The normalized spacial score (nSPS) is 18.6. The summed E-state index contributed by atoms with van der Waals surface area (Å²) in [4.78, 5) is 2.60. The van der Waals surface area contributed by atoms with Gasteiger partial charge in [-0.1, -0.05) is 0 Å². The van der Waals surface area contributed by atoms with Crippen LogP contribution >= 0.6 is 0 Å². The van der Waals surface area contributed by atoms with Crippen LogP contribution in [0.4, 0.5) is 0 Å². The molecule has 1 fully saturated rings. The fourth-order valence-corrected chi connectivity index (χ4v) is 4.26. The van der Waals surface area contributed by atoms with Crippen LogP contribution in [-0.4, -0.2) is 49.8 Å². The third-order valence-corrected chi connectivity index (χ3v) is 5.79. The van der Waals surface area contributed by atoms with Crippen molar-refractivity contribution in [3.05, 3.63) is 11.4 Å². The van der Waals surface area contributed by atoms with E-state index in [4.69, 9.17) is 0 Å². The average Bonchev–Trinajstić information content (AvgIpc) is 2.63. The van der Waals surface area contributed by atoms with Crippen LogP contribution in [-0.2, 0) is 17.1 Å². The number of sulfonamides is 1.